The summed E-state index contributed by atoms with van der Waals surface area (Å²) in [7, 11) is 0. The number of carbonyl (C=O) groups is 1. The Bertz CT molecular complexity index is 757. The zero-order valence-electron chi connectivity index (χ0n) is 16.7. The number of aromatic nitrogens is 2. The van der Waals surface area contributed by atoms with Crippen molar-refractivity contribution in [1.82, 2.24) is 20.0 Å². The maximum Gasteiger partial charge on any atom is 0.274 e. The highest BCUT2D eigenvalue weighted by atomic mass is 16.2. The second-order valence-electron chi connectivity index (χ2n) is 7.98. The fraction of sp³-hybridized carbons (Fsp3) is 0.476. The van der Waals surface area contributed by atoms with Crippen molar-refractivity contribution in [3.63, 3.8) is 0 Å². The number of rotatable bonds is 4. The molecule has 1 aromatic carbocycles. The van der Waals surface area contributed by atoms with Crippen LogP contribution in [-0.2, 0) is 5.41 Å². The SMILES string of the molecule is CCN1CCN(C(=O)c2ccc(Nc3ccc(C(C)(C)C)cc3)nn2)CC1. The molecule has 2 aromatic rings. The number of hydrogen-bond donors (Lipinski definition) is 1. The number of anilines is 2. The lowest BCUT2D eigenvalue weighted by Gasteiger charge is -2.33. The van der Waals surface area contributed by atoms with Crippen molar-refractivity contribution in [3.8, 4) is 0 Å². The lowest BCUT2D eigenvalue weighted by Crippen LogP contribution is -2.48. The van der Waals surface area contributed by atoms with E-state index in [0.29, 0.717) is 11.5 Å². The van der Waals surface area contributed by atoms with E-state index in [4.69, 9.17) is 0 Å². The van der Waals surface area contributed by atoms with Gasteiger partial charge in [-0.25, -0.2) is 0 Å². The highest BCUT2D eigenvalue weighted by Crippen LogP contribution is 2.24. The average Bonchev–Trinajstić information content (AvgIpc) is 2.68. The predicted octanol–water partition coefficient (Wildman–Crippen LogP) is 3.30. The van der Waals surface area contributed by atoms with Crippen molar-refractivity contribution in [2.24, 2.45) is 0 Å². The first kappa shape index (κ1) is 19.3. The molecule has 1 aromatic heterocycles. The minimum absolute atomic E-state index is 0.0423. The Balaban J connectivity index is 1.61. The fourth-order valence-corrected chi connectivity index (χ4v) is 3.14. The van der Waals surface area contributed by atoms with Crippen LogP contribution in [0.2, 0.25) is 0 Å². The molecule has 6 nitrogen and oxygen atoms in total. The first-order chi connectivity index (χ1) is 12.9. The monoisotopic (exact) mass is 367 g/mol. The molecule has 27 heavy (non-hydrogen) atoms. The lowest BCUT2D eigenvalue weighted by molar-refractivity contribution is 0.0636. The van der Waals surface area contributed by atoms with Crippen LogP contribution in [0.5, 0.6) is 0 Å². The van der Waals surface area contributed by atoms with Crippen molar-refractivity contribution in [2.45, 2.75) is 33.1 Å². The van der Waals surface area contributed by atoms with E-state index in [0.717, 1.165) is 38.4 Å². The molecule has 0 saturated carbocycles. The van der Waals surface area contributed by atoms with E-state index in [2.05, 4.69) is 60.2 Å². The van der Waals surface area contributed by atoms with Crippen LogP contribution in [0.3, 0.4) is 0 Å². The Labute approximate surface area is 161 Å². The number of benzene rings is 1. The van der Waals surface area contributed by atoms with Crippen LogP contribution in [0.25, 0.3) is 0 Å². The average molecular weight is 367 g/mol. The van der Waals surface area contributed by atoms with Gasteiger partial charge < -0.3 is 15.1 Å². The topological polar surface area (TPSA) is 61.4 Å². The van der Waals surface area contributed by atoms with Crippen LogP contribution in [-0.4, -0.2) is 58.6 Å². The summed E-state index contributed by atoms with van der Waals surface area (Å²) in [6.07, 6.45) is 0. The molecule has 1 aliphatic rings. The minimum Gasteiger partial charge on any atom is -0.339 e. The molecule has 1 amide bonds. The molecule has 6 heteroatoms. The number of likely N-dealkylation sites (N-methyl/N-ethyl adjacent to an activating group) is 1. The maximum absolute atomic E-state index is 12.6. The summed E-state index contributed by atoms with van der Waals surface area (Å²) >= 11 is 0. The number of amides is 1. The molecule has 0 bridgehead atoms. The second-order valence-corrected chi connectivity index (χ2v) is 7.98. The zero-order chi connectivity index (χ0) is 19.4. The largest absolute Gasteiger partial charge is 0.339 e. The van der Waals surface area contributed by atoms with E-state index < -0.39 is 0 Å². The summed E-state index contributed by atoms with van der Waals surface area (Å²) in [6.45, 7) is 13.1. The molecule has 1 N–H and O–H groups in total. The molecular weight excluding hydrogens is 338 g/mol. The smallest absolute Gasteiger partial charge is 0.274 e. The Hall–Kier alpha value is -2.47. The third-order valence-electron chi connectivity index (χ3n) is 5.01. The van der Waals surface area contributed by atoms with Gasteiger partial charge in [0.25, 0.3) is 5.91 Å². The lowest BCUT2D eigenvalue weighted by atomic mass is 9.87. The number of nitrogens with one attached hydrogen (secondary N) is 1. The molecule has 0 atom stereocenters. The highest BCUT2D eigenvalue weighted by Gasteiger charge is 2.22. The molecular formula is C21H29N5O. The summed E-state index contributed by atoms with van der Waals surface area (Å²) < 4.78 is 0. The molecule has 3 rings (SSSR count). The third-order valence-corrected chi connectivity index (χ3v) is 5.01. The van der Waals surface area contributed by atoms with E-state index in [1.807, 2.05) is 17.0 Å². The Morgan fingerprint density at radius 3 is 2.19 bits per heavy atom. The van der Waals surface area contributed by atoms with Crippen LogP contribution in [0.1, 0.15) is 43.7 Å². The Kier molecular flexibility index (Phi) is 5.75. The quantitative estimate of drug-likeness (QED) is 0.898. The van der Waals surface area contributed by atoms with Crippen LogP contribution in [0, 0.1) is 0 Å². The molecule has 2 heterocycles. The first-order valence-corrected chi connectivity index (χ1v) is 9.60. The summed E-state index contributed by atoms with van der Waals surface area (Å²) in [6, 6.07) is 11.9. The predicted molar refractivity (Wildman–Crippen MR) is 108 cm³/mol. The molecule has 0 unspecified atom stereocenters. The van der Waals surface area contributed by atoms with E-state index in [9.17, 15) is 4.79 Å². The Morgan fingerprint density at radius 2 is 1.67 bits per heavy atom. The Morgan fingerprint density at radius 1 is 1.00 bits per heavy atom. The third kappa shape index (κ3) is 4.83. The summed E-state index contributed by atoms with van der Waals surface area (Å²) in [5.41, 5.74) is 2.76. The molecule has 0 spiro atoms. The number of hydrogen-bond acceptors (Lipinski definition) is 5. The molecule has 1 saturated heterocycles. The zero-order valence-corrected chi connectivity index (χ0v) is 16.7. The van der Waals surface area contributed by atoms with E-state index >= 15 is 0 Å². The van der Waals surface area contributed by atoms with Gasteiger partial charge in [0.15, 0.2) is 11.5 Å². The minimum atomic E-state index is -0.0423. The molecule has 1 aliphatic heterocycles. The number of piperazine rings is 1. The highest BCUT2D eigenvalue weighted by molar-refractivity contribution is 5.92. The summed E-state index contributed by atoms with van der Waals surface area (Å²) in [5.74, 6) is 0.588. The van der Waals surface area contributed by atoms with Gasteiger partial charge in [0.05, 0.1) is 0 Å². The molecule has 0 aliphatic carbocycles. The van der Waals surface area contributed by atoms with Crippen LogP contribution >= 0.6 is 0 Å². The van der Waals surface area contributed by atoms with Crippen LogP contribution in [0.15, 0.2) is 36.4 Å². The molecule has 144 valence electrons. The van der Waals surface area contributed by atoms with Crippen molar-refractivity contribution in [2.75, 3.05) is 38.0 Å². The molecule has 0 radical (unpaired) electrons. The van der Waals surface area contributed by atoms with Gasteiger partial charge in [-0.05, 0) is 41.8 Å². The van der Waals surface area contributed by atoms with E-state index in [1.54, 1.807) is 12.1 Å². The number of carbonyl (C=O) groups excluding carboxylic acids is 1. The van der Waals surface area contributed by atoms with Crippen LogP contribution in [0.4, 0.5) is 11.5 Å². The van der Waals surface area contributed by atoms with Gasteiger partial charge in [0.1, 0.15) is 0 Å². The van der Waals surface area contributed by atoms with Crippen molar-refractivity contribution < 1.29 is 4.79 Å². The van der Waals surface area contributed by atoms with Gasteiger partial charge in [-0.15, -0.1) is 10.2 Å². The summed E-state index contributed by atoms with van der Waals surface area (Å²) in [5, 5.41) is 11.5. The van der Waals surface area contributed by atoms with E-state index in [-0.39, 0.29) is 11.3 Å². The van der Waals surface area contributed by atoms with Gasteiger partial charge in [-0.3, -0.25) is 4.79 Å². The first-order valence-electron chi connectivity index (χ1n) is 9.60. The van der Waals surface area contributed by atoms with Gasteiger partial charge in [0.2, 0.25) is 0 Å². The fourth-order valence-electron chi connectivity index (χ4n) is 3.14. The standard InChI is InChI=1S/C21H29N5O/c1-5-25-12-14-26(15-13-25)20(27)18-10-11-19(24-23-18)22-17-8-6-16(7-9-17)21(2,3)4/h6-11H,5,12-15H2,1-4H3,(H,22,24). The maximum atomic E-state index is 12.6. The van der Waals surface area contributed by atoms with Gasteiger partial charge >= 0.3 is 0 Å². The van der Waals surface area contributed by atoms with Gasteiger partial charge in [-0.1, -0.05) is 39.8 Å². The van der Waals surface area contributed by atoms with Gasteiger partial charge in [0, 0.05) is 31.9 Å². The van der Waals surface area contributed by atoms with Crippen LogP contribution < -0.4 is 5.32 Å². The second kappa shape index (κ2) is 8.05. The normalized spacial score (nSPS) is 15.6. The molecule has 1 fully saturated rings. The van der Waals surface area contributed by atoms with E-state index in [1.165, 1.54) is 5.56 Å². The number of nitrogens with zero attached hydrogens (tertiary/aromatic N) is 4. The van der Waals surface area contributed by atoms with Crippen molar-refractivity contribution >= 4 is 17.4 Å². The van der Waals surface area contributed by atoms with Gasteiger partial charge in [-0.2, -0.15) is 0 Å². The summed E-state index contributed by atoms with van der Waals surface area (Å²) in [4.78, 5) is 16.8. The van der Waals surface area contributed by atoms with Crippen molar-refractivity contribution in [1.29, 1.82) is 0 Å². The van der Waals surface area contributed by atoms with Crippen molar-refractivity contribution in [3.05, 3.63) is 47.7 Å².